The molecule has 3 heterocycles. The summed E-state index contributed by atoms with van der Waals surface area (Å²) in [7, 11) is 0. The Kier molecular flexibility index (Phi) is 3.72. The van der Waals surface area contributed by atoms with Crippen LogP contribution in [-0.2, 0) is 0 Å². The van der Waals surface area contributed by atoms with E-state index in [-0.39, 0.29) is 11.8 Å². The quantitative estimate of drug-likeness (QED) is 0.787. The van der Waals surface area contributed by atoms with Gasteiger partial charge in [-0.05, 0) is 44.0 Å². The number of nitrogens with zero attached hydrogens (tertiary/aromatic N) is 4. The molecule has 6 heteroatoms. The van der Waals surface area contributed by atoms with Crippen molar-refractivity contribution in [2.75, 3.05) is 13.1 Å². The molecule has 24 heavy (non-hydrogen) atoms. The van der Waals surface area contributed by atoms with Crippen molar-refractivity contribution >= 4 is 16.9 Å². The third kappa shape index (κ3) is 2.75. The maximum Gasteiger partial charge on any atom is 0.253 e. The van der Waals surface area contributed by atoms with Gasteiger partial charge in [0.1, 0.15) is 12.2 Å². The van der Waals surface area contributed by atoms with Crippen LogP contribution in [0.3, 0.4) is 0 Å². The van der Waals surface area contributed by atoms with Crippen LogP contribution < -0.4 is 0 Å². The number of benzene rings is 1. The lowest BCUT2D eigenvalue weighted by Crippen LogP contribution is -2.39. The van der Waals surface area contributed by atoms with E-state index in [0.29, 0.717) is 12.1 Å². The number of amides is 1. The van der Waals surface area contributed by atoms with E-state index < -0.39 is 0 Å². The van der Waals surface area contributed by atoms with Gasteiger partial charge in [-0.2, -0.15) is 0 Å². The van der Waals surface area contributed by atoms with Crippen LogP contribution in [0.5, 0.6) is 0 Å². The molecule has 0 aliphatic carbocycles. The van der Waals surface area contributed by atoms with Crippen molar-refractivity contribution in [2.24, 2.45) is 0 Å². The smallest absolute Gasteiger partial charge is 0.253 e. The second kappa shape index (κ2) is 6.03. The van der Waals surface area contributed by atoms with Crippen LogP contribution in [-0.4, -0.2) is 43.8 Å². The second-order valence-corrected chi connectivity index (χ2v) is 6.28. The molecule has 0 spiro atoms. The van der Waals surface area contributed by atoms with Crippen molar-refractivity contribution in [3.05, 3.63) is 53.9 Å². The summed E-state index contributed by atoms with van der Waals surface area (Å²) in [5, 5.41) is 0. The second-order valence-electron chi connectivity index (χ2n) is 6.28. The normalized spacial score (nSPS) is 18.0. The van der Waals surface area contributed by atoms with E-state index in [1.165, 1.54) is 0 Å². The third-order valence-corrected chi connectivity index (χ3v) is 4.58. The van der Waals surface area contributed by atoms with E-state index in [2.05, 4.69) is 19.9 Å². The van der Waals surface area contributed by atoms with Gasteiger partial charge in [-0.25, -0.2) is 15.0 Å². The largest absolute Gasteiger partial charge is 0.342 e. The zero-order valence-corrected chi connectivity index (χ0v) is 13.6. The van der Waals surface area contributed by atoms with Gasteiger partial charge >= 0.3 is 0 Å². The van der Waals surface area contributed by atoms with Crippen molar-refractivity contribution in [3.8, 4) is 0 Å². The molecule has 1 aliphatic rings. The van der Waals surface area contributed by atoms with Gasteiger partial charge in [0.25, 0.3) is 5.91 Å². The molecule has 1 N–H and O–H groups in total. The zero-order chi connectivity index (χ0) is 16.5. The predicted octanol–water partition coefficient (Wildman–Crippen LogP) is 2.68. The lowest BCUT2D eigenvalue weighted by atomic mass is 9.94. The minimum absolute atomic E-state index is 0.0721. The molecule has 0 radical (unpaired) electrons. The number of carbonyl (C=O) groups is 1. The maximum absolute atomic E-state index is 12.9. The summed E-state index contributed by atoms with van der Waals surface area (Å²) in [6.45, 7) is 3.41. The maximum atomic E-state index is 12.9. The van der Waals surface area contributed by atoms with Crippen LogP contribution in [0.15, 0.2) is 36.8 Å². The molecular weight excluding hydrogens is 302 g/mol. The van der Waals surface area contributed by atoms with E-state index >= 15 is 0 Å². The molecule has 0 unspecified atom stereocenters. The van der Waals surface area contributed by atoms with Crippen LogP contribution in [0.25, 0.3) is 11.0 Å². The first-order valence-electron chi connectivity index (χ1n) is 8.22. The summed E-state index contributed by atoms with van der Waals surface area (Å²) in [6, 6.07) is 7.60. The Hall–Kier alpha value is -2.76. The summed E-state index contributed by atoms with van der Waals surface area (Å²) < 4.78 is 0. The summed E-state index contributed by atoms with van der Waals surface area (Å²) >= 11 is 0. The molecule has 2 aromatic heterocycles. The summed E-state index contributed by atoms with van der Waals surface area (Å²) in [5.74, 6) is 1.21. The number of hydrogen-bond acceptors (Lipinski definition) is 4. The number of rotatable bonds is 2. The Balaban J connectivity index is 1.56. The first kappa shape index (κ1) is 14.8. The monoisotopic (exact) mass is 321 g/mol. The van der Waals surface area contributed by atoms with Gasteiger partial charge in [0.2, 0.25) is 0 Å². The molecule has 1 aromatic carbocycles. The molecular formula is C18H19N5O. The van der Waals surface area contributed by atoms with E-state index in [1.54, 1.807) is 12.5 Å². The standard InChI is InChI=1S/C18H19N5O/c1-12-21-16-5-4-13(9-17(16)22-12)18(24)23-8-2-3-14(10-23)15-6-7-19-11-20-15/h4-7,9,11,14H,2-3,8,10H2,1H3,(H,21,22)/t14-/m0/s1. The van der Waals surface area contributed by atoms with Crippen LogP contribution in [0.1, 0.15) is 40.6 Å². The number of likely N-dealkylation sites (tertiary alicyclic amines) is 1. The molecule has 1 amide bonds. The van der Waals surface area contributed by atoms with Gasteiger partial charge in [0.05, 0.1) is 11.0 Å². The number of H-pyrrole nitrogens is 1. The fraction of sp³-hybridized carbons (Fsp3) is 0.333. The van der Waals surface area contributed by atoms with Gasteiger partial charge in [-0.1, -0.05) is 0 Å². The first-order valence-corrected chi connectivity index (χ1v) is 8.22. The molecule has 122 valence electrons. The minimum Gasteiger partial charge on any atom is -0.342 e. The van der Waals surface area contributed by atoms with Crippen LogP contribution in [0.2, 0.25) is 0 Å². The van der Waals surface area contributed by atoms with Crippen molar-refractivity contribution in [3.63, 3.8) is 0 Å². The SMILES string of the molecule is Cc1nc2ccc(C(=O)N3CCC[C@H](c4ccncn4)C3)cc2[nH]1. The van der Waals surface area contributed by atoms with Gasteiger partial charge in [0.15, 0.2) is 0 Å². The molecule has 4 rings (SSSR count). The fourth-order valence-electron chi connectivity index (χ4n) is 3.40. The number of nitrogens with one attached hydrogen (secondary N) is 1. The number of aromatic nitrogens is 4. The molecule has 6 nitrogen and oxygen atoms in total. The van der Waals surface area contributed by atoms with Crippen molar-refractivity contribution in [1.82, 2.24) is 24.8 Å². The molecule has 1 saturated heterocycles. The lowest BCUT2D eigenvalue weighted by Gasteiger charge is -2.32. The van der Waals surface area contributed by atoms with Gasteiger partial charge in [0, 0.05) is 36.5 Å². The Bertz CT molecular complexity index is 874. The molecule has 3 aromatic rings. The van der Waals surface area contributed by atoms with Crippen molar-refractivity contribution < 1.29 is 4.79 Å². The summed E-state index contributed by atoms with van der Waals surface area (Å²) in [5.41, 5.74) is 3.51. The number of piperidine rings is 1. The van der Waals surface area contributed by atoms with Crippen LogP contribution in [0.4, 0.5) is 0 Å². The van der Waals surface area contributed by atoms with Crippen molar-refractivity contribution in [2.45, 2.75) is 25.7 Å². The molecule has 0 saturated carbocycles. The Labute approximate surface area is 140 Å². The third-order valence-electron chi connectivity index (χ3n) is 4.58. The average molecular weight is 321 g/mol. The number of imidazole rings is 1. The summed E-state index contributed by atoms with van der Waals surface area (Å²) in [4.78, 5) is 30.7. The van der Waals surface area contributed by atoms with E-state index in [1.807, 2.05) is 36.1 Å². The van der Waals surface area contributed by atoms with E-state index in [9.17, 15) is 4.79 Å². The van der Waals surface area contributed by atoms with Crippen LogP contribution in [0, 0.1) is 6.92 Å². The highest BCUT2D eigenvalue weighted by Crippen LogP contribution is 2.26. The highest BCUT2D eigenvalue weighted by atomic mass is 16.2. The van der Waals surface area contributed by atoms with Gasteiger partial charge < -0.3 is 9.88 Å². The van der Waals surface area contributed by atoms with Crippen molar-refractivity contribution in [1.29, 1.82) is 0 Å². The number of aromatic amines is 1. The fourth-order valence-corrected chi connectivity index (χ4v) is 3.40. The topological polar surface area (TPSA) is 74.8 Å². The number of fused-ring (bicyclic) bond motifs is 1. The predicted molar refractivity (Wildman–Crippen MR) is 90.7 cm³/mol. The first-order chi connectivity index (χ1) is 11.7. The van der Waals surface area contributed by atoms with Gasteiger partial charge in [-0.15, -0.1) is 0 Å². The number of aryl methyl sites for hydroxylation is 1. The Morgan fingerprint density at radius 2 is 2.25 bits per heavy atom. The van der Waals surface area contributed by atoms with Gasteiger partial charge in [-0.3, -0.25) is 4.79 Å². The molecule has 1 atom stereocenters. The van der Waals surface area contributed by atoms with E-state index in [0.717, 1.165) is 41.9 Å². The lowest BCUT2D eigenvalue weighted by molar-refractivity contribution is 0.0706. The molecule has 0 bridgehead atoms. The highest BCUT2D eigenvalue weighted by Gasteiger charge is 2.26. The number of hydrogen-bond donors (Lipinski definition) is 1. The Morgan fingerprint density at radius 3 is 3.08 bits per heavy atom. The number of carbonyl (C=O) groups excluding carboxylic acids is 1. The summed E-state index contributed by atoms with van der Waals surface area (Å²) in [6.07, 6.45) is 5.38. The molecule has 1 aliphatic heterocycles. The highest BCUT2D eigenvalue weighted by molar-refractivity contribution is 5.97. The van der Waals surface area contributed by atoms with E-state index in [4.69, 9.17) is 0 Å². The molecule has 1 fully saturated rings. The zero-order valence-electron chi connectivity index (χ0n) is 13.6. The minimum atomic E-state index is 0.0721. The van der Waals surface area contributed by atoms with Crippen LogP contribution >= 0.6 is 0 Å². The average Bonchev–Trinajstić information content (AvgIpc) is 3.01. The Morgan fingerprint density at radius 1 is 1.33 bits per heavy atom.